The third kappa shape index (κ3) is 5.44. The lowest BCUT2D eigenvalue weighted by atomic mass is 10.0. The Bertz CT molecular complexity index is 230. The lowest BCUT2D eigenvalue weighted by molar-refractivity contribution is 0.433. The Kier molecular flexibility index (Phi) is 4.95. The van der Waals surface area contributed by atoms with E-state index in [1.807, 2.05) is 18.7 Å². The van der Waals surface area contributed by atoms with Gasteiger partial charge in [0.05, 0.1) is 6.07 Å². The van der Waals surface area contributed by atoms with Gasteiger partial charge in [-0.3, -0.25) is 5.32 Å². The topological polar surface area (TPSA) is 35.8 Å². The molecule has 0 aliphatic heterocycles. The molecule has 0 heterocycles. The largest absolute Gasteiger partial charge is 0.297 e. The summed E-state index contributed by atoms with van der Waals surface area (Å²) in [6.07, 6.45) is 3.45. The molecule has 1 atom stereocenters. The molecule has 15 heavy (non-hydrogen) atoms. The van der Waals surface area contributed by atoms with Crippen molar-refractivity contribution in [2.24, 2.45) is 5.92 Å². The Labute approximate surface area is 97.8 Å². The third-order valence-electron chi connectivity index (χ3n) is 2.54. The predicted molar refractivity (Wildman–Crippen MR) is 67.0 cm³/mol. The fraction of sp³-hybridized carbons (Fsp3) is 0.917. The number of nitrogens with zero attached hydrogens (tertiary/aromatic N) is 1. The molecule has 1 aliphatic carbocycles. The highest BCUT2D eigenvalue weighted by atomic mass is 32.2. The van der Waals surface area contributed by atoms with Gasteiger partial charge < -0.3 is 0 Å². The van der Waals surface area contributed by atoms with Crippen molar-refractivity contribution in [1.82, 2.24) is 5.32 Å². The van der Waals surface area contributed by atoms with Crippen molar-refractivity contribution in [3.05, 3.63) is 0 Å². The van der Waals surface area contributed by atoms with Crippen molar-refractivity contribution in [3.63, 3.8) is 0 Å². The fourth-order valence-electron chi connectivity index (χ4n) is 1.43. The van der Waals surface area contributed by atoms with Crippen molar-refractivity contribution in [2.45, 2.75) is 51.6 Å². The minimum Gasteiger partial charge on any atom is -0.297 e. The molecule has 3 heteroatoms. The molecule has 0 aromatic rings. The minimum absolute atomic E-state index is 0.300. The van der Waals surface area contributed by atoms with Crippen LogP contribution in [0.3, 0.4) is 0 Å². The van der Waals surface area contributed by atoms with E-state index in [1.54, 1.807) is 0 Å². The van der Waals surface area contributed by atoms with Gasteiger partial charge >= 0.3 is 0 Å². The van der Waals surface area contributed by atoms with Crippen LogP contribution in [0.25, 0.3) is 0 Å². The summed E-state index contributed by atoms with van der Waals surface area (Å²) in [5, 5.41) is 12.6. The standard InChI is InChI=1S/C12H22N2S/c1-10(2)8-15-7-6-12(3,9-13)14-11-4-5-11/h10-11,14H,4-8H2,1-3H3. The molecule has 0 saturated heterocycles. The van der Waals surface area contributed by atoms with Crippen molar-refractivity contribution in [2.75, 3.05) is 11.5 Å². The minimum atomic E-state index is -0.300. The van der Waals surface area contributed by atoms with Crippen LogP contribution in [0.5, 0.6) is 0 Å². The second-order valence-electron chi connectivity index (χ2n) is 5.08. The van der Waals surface area contributed by atoms with Gasteiger partial charge in [-0.2, -0.15) is 17.0 Å². The number of nitriles is 1. The zero-order valence-electron chi connectivity index (χ0n) is 10.0. The van der Waals surface area contributed by atoms with Crippen LogP contribution >= 0.6 is 11.8 Å². The molecular weight excluding hydrogens is 204 g/mol. The molecule has 0 aromatic carbocycles. The highest BCUT2D eigenvalue weighted by Crippen LogP contribution is 2.24. The van der Waals surface area contributed by atoms with Gasteiger partial charge in [0.25, 0.3) is 0 Å². The summed E-state index contributed by atoms with van der Waals surface area (Å²) < 4.78 is 0. The van der Waals surface area contributed by atoms with E-state index in [4.69, 9.17) is 5.26 Å². The Balaban J connectivity index is 2.17. The van der Waals surface area contributed by atoms with Gasteiger partial charge in [0, 0.05) is 6.04 Å². The first-order chi connectivity index (χ1) is 7.06. The first-order valence-corrected chi connectivity index (χ1v) is 6.98. The Morgan fingerprint density at radius 3 is 2.67 bits per heavy atom. The van der Waals surface area contributed by atoms with Gasteiger partial charge in [0.15, 0.2) is 0 Å². The summed E-state index contributed by atoms with van der Waals surface area (Å²) in [6.45, 7) is 6.50. The summed E-state index contributed by atoms with van der Waals surface area (Å²) in [5.41, 5.74) is -0.300. The van der Waals surface area contributed by atoms with Gasteiger partial charge in [-0.1, -0.05) is 13.8 Å². The number of rotatable bonds is 7. The van der Waals surface area contributed by atoms with Crippen molar-refractivity contribution >= 4 is 11.8 Å². The number of hydrogen-bond acceptors (Lipinski definition) is 3. The van der Waals surface area contributed by atoms with Crippen molar-refractivity contribution < 1.29 is 0 Å². The van der Waals surface area contributed by atoms with Gasteiger partial charge in [-0.15, -0.1) is 0 Å². The zero-order valence-corrected chi connectivity index (χ0v) is 10.9. The summed E-state index contributed by atoms with van der Waals surface area (Å²) in [6, 6.07) is 3.03. The summed E-state index contributed by atoms with van der Waals surface area (Å²) in [5.74, 6) is 3.03. The van der Waals surface area contributed by atoms with Crippen molar-refractivity contribution in [3.8, 4) is 6.07 Å². The van der Waals surface area contributed by atoms with E-state index in [2.05, 4.69) is 25.2 Å². The molecular formula is C12H22N2S. The maximum atomic E-state index is 9.15. The van der Waals surface area contributed by atoms with Gasteiger partial charge in [-0.05, 0) is 43.6 Å². The highest BCUT2D eigenvalue weighted by molar-refractivity contribution is 7.99. The van der Waals surface area contributed by atoms with E-state index in [0.717, 1.165) is 18.1 Å². The number of thioether (sulfide) groups is 1. The Morgan fingerprint density at radius 1 is 1.53 bits per heavy atom. The monoisotopic (exact) mass is 226 g/mol. The molecule has 0 aromatic heterocycles. The first-order valence-electron chi connectivity index (χ1n) is 5.82. The van der Waals surface area contributed by atoms with E-state index in [9.17, 15) is 0 Å². The lowest BCUT2D eigenvalue weighted by Gasteiger charge is -2.23. The average Bonchev–Trinajstić information content (AvgIpc) is 2.96. The average molecular weight is 226 g/mol. The van der Waals surface area contributed by atoms with Gasteiger partial charge in [0.2, 0.25) is 0 Å². The van der Waals surface area contributed by atoms with Crippen LogP contribution in [0.15, 0.2) is 0 Å². The van der Waals surface area contributed by atoms with Crippen LogP contribution in [0.2, 0.25) is 0 Å². The molecule has 1 rings (SSSR count). The molecule has 1 fully saturated rings. The Hall–Kier alpha value is -0.200. The fourth-order valence-corrected chi connectivity index (χ4v) is 2.62. The van der Waals surface area contributed by atoms with Crippen LogP contribution in [0, 0.1) is 17.2 Å². The lowest BCUT2D eigenvalue weighted by Crippen LogP contribution is -2.42. The quantitative estimate of drug-likeness (QED) is 0.678. The summed E-state index contributed by atoms with van der Waals surface area (Å²) in [7, 11) is 0. The molecule has 1 unspecified atom stereocenters. The molecule has 0 radical (unpaired) electrons. The molecule has 1 aliphatic rings. The maximum Gasteiger partial charge on any atom is 0.104 e. The van der Waals surface area contributed by atoms with Crippen LogP contribution in [0.4, 0.5) is 0 Å². The second kappa shape index (κ2) is 5.77. The smallest absolute Gasteiger partial charge is 0.104 e. The highest BCUT2D eigenvalue weighted by Gasteiger charge is 2.31. The van der Waals surface area contributed by atoms with Crippen LogP contribution < -0.4 is 5.32 Å². The second-order valence-corrected chi connectivity index (χ2v) is 6.23. The summed E-state index contributed by atoms with van der Waals surface area (Å²) in [4.78, 5) is 0. The number of hydrogen-bond donors (Lipinski definition) is 1. The van der Waals surface area contributed by atoms with E-state index >= 15 is 0 Å². The van der Waals surface area contributed by atoms with E-state index < -0.39 is 0 Å². The Morgan fingerprint density at radius 2 is 2.20 bits per heavy atom. The van der Waals surface area contributed by atoms with Crippen LogP contribution in [-0.2, 0) is 0 Å². The van der Waals surface area contributed by atoms with Gasteiger partial charge in [-0.25, -0.2) is 0 Å². The molecule has 86 valence electrons. The predicted octanol–water partition coefficient (Wildman–Crippen LogP) is 2.80. The SMILES string of the molecule is CC(C)CSCCC(C)(C#N)NC1CC1. The normalized spacial score (nSPS) is 19.9. The molecule has 0 bridgehead atoms. The number of nitrogens with one attached hydrogen (secondary N) is 1. The van der Waals surface area contributed by atoms with Crippen LogP contribution in [-0.4, -0.2) is 23.1 Å². The van der Waals surface area contributed by atoms with E-state index in [0.29, 0.717) is 6.04 Å². The zero-order chi connectivity index (χ0) is 11.3. The molecule has 2 nitrogen and oxygen atoms in total. The first kappa shape index (κ1) is 12.9. The molecule has 0 amide bonds. The maximum absolute atomic E-state index is 9.15. The molecule has 0 spiro atoms. The third-order valence-corrected chi connectivity index (χ3v) is 3.94. The molecule has 1 N–H and O–H groups in total. The summed E-state index contributed by atoms with van der Waals surface area (Å²) >= 11 is 1.96. The van der Waals surface area contributed by atoms with E-state index in [-0.39, 0.29) is 5.54 Å². The van der Waals surface area contributed by atoms with Crippen LogP contribution in [0.1, 0.15) is 40.0 Å². The van der Waals surface area contributed by atoms with Crippen molar-refractivity contribution in [1.29, 1.82) is 5.26 Å². The molecule has 1 saturated carbocycles. The van der Waals surface area contributed by atoms with Gasteiger partial charge in [0.1, 0.15) is 5.54 Å². The van der Waals surface area contributed by atoms with E-state index in [1.165, 1.54) is 18.6 Å².